The first-order valence-corrected chi connectivity index (χ1v) is 6.13. The molecule has 0 spiro atoms. The molecule has 3 nitrogen and oxygen atoms in total. The highest BCUT2D eigenvalue weighted by atomic mass is 16.5. The van der Waals surface area contributed by atoms with Crippen LogP contribution in [0.15, 0.2) is 0 Å². The summed E-state index contributed by atoms with van der Waals surface area (Å²) in [7, 11) is 1.76. The standard InChI is InChI=1S/C12H25NO2/c1-4-13-12(10(2)7-9-14-3)11-6-5-8-15-11/h10-13H,4-9H2,1-3H3. The second-order valence-electron chi connectivity index (χ2n) is 4.39. The summed E-state index contributed by atoms with van der Waals surface area (Å²) < 4.78 is 10.9. The Morgan fingerprint density at radius 1 is 1.53 bits per heavy atom. The van der Waals surface area contributed by atoms with Crippen LogP contribution in [0.4, 0.5) is 0 Å². The molecular formula is C12H25NO2. The summed E-state index contributed by atoms with van der Waals surface area (Å²) in [5, 5.41) is 3.55. The maximum Gasteiger partial charge on any atom is 0.0731 e. The fourth-order valence-electron chi connectivity index (χ4n) is 2.30. The van der Waals surface area contributed by atoms with Gasteiger partial charge in [-0.3, -0.25) is 0 Å². The first kappa shape index (κ1) is 12.9. The van der Waals surface area contributed by atoms with Crippen molar-refractivity contribution in [2.75, 3.05) is 26.9 Å². The maximum absolute atomic E-state index is 5.77. The third kappa shape index (κ3) is 4.09. The Labute approximate surface area is 93.5 Å². The molecule has 1 fully saturated rings. The van der Waals surface area contributed by atoms with Gasteiger partial charge in [-0.15, -0.1) is 0 Å². The molecule has 0 aromatic carbocycles. The lowest BCUT2D eigenvalue weighted by atomic mass is 9.92. The lowest BCUT2D eigenvalue weighted by Crippen LogP contribution is -2.44. The van der Waals surface area contributed by atoms with E-state index in [9.17, 15) is 0 Å². The van der Waals surface area contributed by atoms with E-state index in [1.54, 1.807) is 7.11 Å². The Hall–Kier alpha value is -0.120. The molecule has 1 N–H and O–H groups in total. The first-order chi connectivity index (χ1) is 7.29. The molecule has 1 rings (SSSR count). The van der Waals surface area contributed by atoms with Gasteiger partial charge in [-0.05, 0) is 31.7 Å². The molecule has 1 heterocycles. The molecule has 3 atom stereocenters. The predicted molar refractivity (Wildman–Crippen MR) is 62.1 cm³/mol. The van der Waals surface area contributed by atoms with Crippen molar-refractivity contribution in [3.63, 3.8) is 0 Å². The quantitative estimate of drug-likeness (QED) is 0.702. The van der Waals surface area contributed by atoms with Crippen LogP contribution in [-0.2, 0) is 9.47 Å². The zero-order chi connectivity index (χ0) is 11.1. The van der Waals surface area contributed by atoms with Crippen LogP contribution < -0.4 is 5.32 Å². The monoisotopic (exact) mass is 215 g/mol. The van der Waals surface area contributed by atoms with Crippen LogP contribution in [0.2, 0.25) is 0 Å². The van der Waals surface area contributed by atoms with E-state index in [4.69, 9.17) is 9.47 Å². The Morgan fingerprint density at radius 3 is 2.87 bits per heavy atom. The molecule has 0 aromatic heterocycles. The number of nitrogens with one attached hydrogen (secondary N) is 1. The van der Waals surface area contributed by atoms with E-state index in [1.165, 1.54) is 12.8 Å². The molecule has 90 valence electrons. The van der Waals surface area contributed by atoms with Crippen molar-refractivity contribution >= 4 is 0 Å². The van der Waals surface area contributed by atoms with Gasteiger partial charge < -0.3 is 14.8 Å². The highest BCUT2D eigenvalue weighted by Crippen LogP contribution is 2.22. The zero-order valence-corrected chi connectivity index (χ0v) is 10.3. The van der Waals surface area contributed by atoms with Gasteiger partial charge in [0.2, 0.25) is 0 Å². The molecule has 3 heteroatoms. The van der Waals surface area contributed by atoms with Crippen LogP contribution in [0.3, 0.4) is 0 Å². The normalized spacial score (nSPS) is 25.4. The Balaban J connectivity index is 2.39. The molecular weight excluding hydrogens is 190 g/mol. The summed E-state index contributed by atoms with van der Waals surface area (Å²) in [6.07, 6.45) is 3.93. The predicted octanol–water partition coefficient (Wildman–Crippen LogP) is 1.82. The van der Waals surface area contributed by atoms with Crippen molar-refractivity contribution in [3.8, 4) is 0 Å². The van der Waals surface area contributed by atoms with E-state index in [1.807, 2.05) is 0 Å². The first-order valence-electron chi connectivity index (χ1n) is 6.13. The molecule has 0 saturated carbocycles. The average Bonchev–Trinajstić information content (AvgIpc) is 2.75. The van der Waals surface area contributed by atoms with Crippen molar-refractivity contribution in [2.24, 2.45) is 5.92 Å². The number of hydrogen-bond donors (Lipinski definition) is 1. The molecule has 0 amide bonds. The minimum atomic E-state index is 0.414. The third-order valence-corrected chi connectivity index (χ3v) is 3.20. The van der Waals surface area contributed by atoms with Crippen molar-refractivity contribution < 1.29 is 9.47 Å². The second-order valence-corrected chi connectivity index (χ2v) is 4.39. The highest BCUT2D eigenvalue weighted by molar-refractivity contribution is 4.84. The molecule has 1 saturated heterocycles. The van der Waals surface area contributed by atoms with Gasteiger partial charge >= 0.3 is 0 Å². The van der Waals surface area contributed by atoms with Gasteiger partial charge in [-0.25, -0.2) is 0 Å². The van der Waals surface area contributed by atoms with E-state index >= 15 is 0 Å². The van der Waals surface area contributed by atoms with E-state index in [2.05, 4.69) is 19.2 Å². The van der Waals surface area contributed by atoms with Crippen LogP contribution in [0, 0.1) is 5.92 Å². The van der Waals surface area contributed by atoms with Crippen LogP contribution >= 0.6 is 0 Å². The van der Waals surface area contributed by atoms with E-state index in [0.29, 0.717) is 18.1 Å². The molecule has 0 aromatic rings. The fourth-order valence-corrected chi connectivity index (χ4v) is 2.30. The van der Waals surface area contributed by atoms with Gasteiger partial charge in [0.15, 0.2) is 0 Å². The lowest BCUT2D eigenvalue weighted by Gasteiger charge is -2.29. The molecule has 0 radical (unpaired) electrons. The Morgan fingerprint density at radius 2 is 2.33 bits per heavy atom. The van der Waals surface area contributed by atoms with Crippen molar-refractivity contribution in [3.05, 3.63) is 0 Å². The summed E-state index contributed by atoms with van der Waals surface area (Å²) in [6, 6.07) is 0.493. The molecule has 0 bridgehead atoms. The van der Waals surface area contributed by atoms with Crippen LogP contribution in [0.25, 0.3) is 0 Å². The second kappa shape index (κ2) is 7.20. The summed E-state index contributed by atoms with van der Waals surface area (Å²) in [5.74, 6) is 0.619. The smallest absolute Gasteiger partial charge is 0.0731 e. The molecule has 15 heavy (non-hydrogen) atoms. The summed E-state index contributed by atoms with van der Waals surface area (Å²) in [5.41, 5.74) is 0. The molecule has 1 aliphatic heterocycles. The topological polar surface area (TPSA) is 30.5 Å². The fraction of sp³-hybridized carbons (Fsp3) is 1.00. The summed E-state index contributed by atoms with van der Waals surface area (Å²) in [6.45, 7) is 7.24. The minimum Gasteiger partial charge on any atom is -0.385 e. The van der Waals surface area contributed by atoms with Gasteiger partial charge in [0.05, 0.1) is 6.10 Å². The van der Waals surface area contributed by atoms with Crippen molar-refractivity contribution in [2.45, 2.75) is 45.3 Å². The average molecular weight is 215 g/mol. The number of likely N-dealkylation sites (N-methyl/N-ethyl adjacent to an activating group) is 1. The van der Waals surface area contributed by atoms with Gasteiger partial charge in [-0.1, -0.05) is 13.8 Å². The van der Waals surface area contributed by atoms with Crippen LogP contribution in [-0.4, -0.2) is 39.0 Å². The Bertz CT molecular complexity index is 158. The summed E-state index contributed by atoms with van der Waals surface area (Å²) >= 11 is 0. The number of ether oxygens (including phenoxy) is 2. The highest BCUT2D eigenvalue weighted by Gasteiger charge is 2.29. The van der Waals surface area contributed by atoms with Gasteiger partial charge in [0, 0.05) is 26.4 Å². The van der Waals surface area contributed by atoms with E-state index in [0.717, 1.165) is 26.2 Å². The number of rotatable bonds is 7. The molecule has 1 aliphatic rings. The number of methoxy groups -OCH3 is 1. The molecule has 3 unspecified atom stereocenters. The number of hydrogen-bond acceptors (Lipinski definition) is 3. The third-order valence-electron chi connectivity index (χ3n) is 3.20. The lowest BCUT2D eigenvalue weighted by molar-refractivity contribution is 0.0537. The SMILES string of the molecule is CCNC(C(C)CCOC)C1CCCO1. The summed E-state index contributed by atoms with van der Waals surface area (Å²) in [4.78, 5) is 0. The van der Waals surface area contributed by atoms with Gasteiger partial charge in [0.25, 0.3) is 0 Å². The van der Waals surface area contributed by atoms with Crippen molar-refractivity contribution in [1.29, 1.82) is 0 Å². The van der Waals surface area contributed by atoms with E-state index < -0.39 is 0 Å². The van der Waals surface area contributed by atoms with Gasteiger partial charge in [0.1, 0.15) is 0 Å². The van der Waals surface area contributed by atoms with Crippen molar-refractivity contribution in [1.82, 2.24) is 5.32 Å². The molecule has 0 aliphatic carbocycles. The van der Waals surface area contributed by atoms with Crippen LogP contribution in [0.1, 0.15) is 33.1 Å². The van der Waals surface area contributed by atoms with Crippen LogP contribution in [0.5, 0.6) is 0 Å². The minimum absolute atomic E-state index is 0.414. The maximum atomic E-state index is 5.77. The largest absolute Gasteiger partial charge is 0.385 e. The Kier molecular flexibility index (Phi) is 6.22. The zero-order valence-electron chi connectivity index (χ0n) is 10.3. The van der Waals surface area contributed by atoms with Gasteiger partial charge in [-0.2, -0.15) is 0 Å². The van der Waals surface area contributed by atoms with E-state index in [-0.39, 0.29) is 0 Å².